The van der Waals surface area contributed by atoms with Crippen LogP contribution in [-0.4, -0.2) is 19.7 Å². The molecule has 0 saturated carbocycles. The van der Waals surface area contributed by atoms with Crippen molar-refractivity contribution in [3.8, 4) is 0 Å². The molecule has 0 N–H and O–H groups in total. The SMILES string of the molecule is O=S(=O)(C(F)F)C(F)(F)F. The summed E-state index contributed by atoms with van der Waals surface area (Å²) in [6.07, 6.45) is 0. The van der Waals surface area contributed by atoms with E-state index in [-0.39, 0.29) is 0 Å². The highest BCUT2D eigenvalue weighted by Crippen LogP contribution is 2.28. The Bertz CT molecular complexity index is 200. The van der Waals surface area contributed by atoms with Crippen LogP contribution in [0.25, 0.3) is 0 Å². The van der Waals surface area contributed by atoms with Crippen molar-refractivity contribution in [2.45, 2.75) is 11.3 Å². The molecule has 0 fully saturated rings. The molecule has 0 aliphatic heterocycles. The number of sulfone groups is 1. The van der Waals surface area contributed by atoms with Gasteiger partial charge in [0.15, 0.2) is 0 Å². The molecule has 2 nitrogen and oxygen atoms in total. The number of alkyl halides is 5. The van der Waals surface area contributed by atoms with Crippen LogP contribution >= 0.6 is 0 Å². The van der Waals surface area contributed by atoms with Crippen LogP contribution in [0.4, 0.5) is 22.0 Å². The normalized spacial score (nSPS) is 14.2. The largest absolute Gasteiger partial charge is 0.503 e. The lowest BCUT2D eigenvalue weighted by Gasteiger charge is -2.04. The standard InChI is InChI=1S/C2HF5O2S/c3-1(4)10(8,9)2(5,6)7/h1H. The van der Waals surface area contributed by atoms with Crippen LogP contribution < -0.4 is 0 Å². The molecule has 0 saturated heterocycles. The average Bonchev–Trinajstić information content (AvgIpc) is 1.62. The van der Waals surface area contributed by atoms with Gasteiger partial charge in [0.2, 0.25) is 0 Å². The van der Waals surface area contributed by atoms with E-state index in [4.69, 9.17) is 0 Å². The first-order chi connectivity index (χ1) is 4.19. The van der Waals surface area contributed by atoms with Gasteiger partial charge in [-0.15, -0.1) is 0 Å². The molecule has 0 bridgehead atoms. The minimum atomic E-state index is -6.25. The van der Waals surface area contributed by atoms with Gasteiger partial charge >= 0.3 is 21.1 Å². The van der Waals surface area contributed by atoms with Crippen LogP contribution in [0.1, 0.15) is 0 Å². The quantitative estimate of drug-likeness (QED) is 0.572. The second-order valence-corrected chi connectivity index (χ2v) is 3.16. The Morgan fingerprint density at radius 3 is 1.40 bits per heavy atom. The van der Waals surface area contributed by atoms with E-state index in [1.54, 1.807) is 0 Å². The molecule has 0 amide bonds. The molecule has 0 aromatic rings. The van der Waals surface area contributed by atoms with E-state index in [1.807, 2.05) is 0 Å². The molecule has 0 aliphatic carbocycles. The summed E-state index contributed by atoms with van der Waals surface area (Å²) in [6.45, 7) is 0. The molecular weight excluding hydrogens is 183 g/mol. The molecule has 0 rings (SSSR count). The molecule has 0 atom stereocenters. The lowest BCUT2D eigenvalue weighted by Crippen LogP contribution is -2.29. The fourth-order valence-corrected chi connectivity index (χ4v) is 0.303. The zero-order valence-electron chi connectivity index (χ0n) is 4.19. The smallest absolute Gasteiger partial charge is 0.213 e. The fourth-order valence-electron chi connectivity index (χ4n) is 0.101. The summed E-state index contributed by atoms with van der Waals surface area (Å²) in [4.78, 5) is 0. The molecule has 0 aromatic heterocycles. The number of halogens is 5. The molecule has 0 spiro atoms. The first-order valence-corrected chi connectivity index (χ1v) is 3.32. The van der Waals surface area contributed by atoms with Crippen molar-refractivity contribution in [3.05, 3.63) is 0 Å². The number of hydrogen-bond acceptors (Lipinski definition) is 2. The van der Waals surface area contributed by atoms with E-state index in [2.05, 4.69) is 0 Å². The van der Waals surface area contributed by atoms with Gasteiger partial charge in [-0.1, -0.05) is 0 Å². The van der Waals surface area contributed by atoms with Gasteiger partial charge in [0.1, 0.15) is 0 Å². The third-order valence-electron chi connectivity index (χ3n) is 0.557. The summed E-state index contributed by atoms with van der Waals surface area (Å²) < 4.78 is 74.0. The Morgan fingerprint density at radius 2 is 1.40 bits per heavy atom. The third kappa shape index (κ3) is 1.55. The minimum Gasteiger partial charge on any atom is -0.213 e. The Morgan fingerprint density at radius 1 is 1.10 bits per heavy atom. The highest BCUT2D eigenvalue weighted by atomic mass is 32.2. The van der Waals surface area contributed by atoms with Gasteiger partial charge in [0.05, 0.1) is 0 Å². The van der Waals surface area contributed by atoms with Crippen LogP contribution in [0.15, 0.2) is 0 Å². The molecule has 10 heavy (non-hydrogen) atoms. The van der Waals surface area contributed by atoms with Gasteiger partial charge in [-0.25, -0.2) is 8.42 Å². The summed E-state index contributed by atoms with van der Waals surface area (Å²) in [5.74, 6) is -4.40. The highest BCUT2D eigenvalue weighted by Gasteiger charge is 2.51. The van der Waals surface area contributed by atoms with Crippen LogP contribution in [-0.2, 0) is 9.84 Å². The molecule has 0 radical (unpaired) electrons. The maximum Gasteiger partial charge on any atom is 0.503 e. The highest BCUT2D eigenvalue weighted by molar-refractivity contribution is 7.92. The van der Waals surface area contributed by atoms with Crippen LogP contribution in [0.3, 0.4) is 0 Å². The molecule has 0 unspecified atom stereocenters. The maximum atomic E-state index is 11.0. The van der Waals surface area contributed by atoms with Gasteiger partial charge in [0, 0.05) is 0 Å². The lowest BCUT2D eigenvalue weighted by molar-refractivity contribution is -0.0485. The van der Waals surface area contributed by atoms with Crippen molar-refractivity contribution < 1.29 is 30.4 Å². The Kier molecular flexibility index (Phi) is 2.24. The minimum absolute atomic E-state index is 4.40. The van der Waals surface area contributed by atoms with Crippen LogP contribution in [0.2, 0.25) is 0 Å². The Balaban J connectivity index is 4.79. The van der Waals surface area contributed by atoms with Gasteiger partial charge in [-0.05, 0) is 0 Å². The number of rotatable bonds is 1. The topological polar surface area (TPSA) is 34.1 Å². The molecule has 62 valence electrons. The summed E-state index contributed by atoms with van der Waals surface area (Å²) in [5, 5.41) is 0. The second-order valence-electron chi connectivity index (χ2n) is 1.25. The first kappa shape index (κ1) is 9.60. The summed E-state index contributed by atoms with van der Waals surface area (Å²) in [5.41, 5.74) is -5.86. The summed E-state index contributed by atoms with van der Waals surface area (Å²) in [6, 6.07) is 0. The molecule has 8 heteroatoms. The average molecular weight is 184 g/mol. The fraction of sp³-hybridized carbons (Fsp3) is 1.00. The van der Waals surface area contributed by atoms with E-state index < -0.39 is 21.1 Å². The van der Waals surface area contributed by atoms with E-state index in [1.165, 1.54) is 0 Å². The zero-order valence-corrected chi connectivity index (χ0v) is 5.01. The summed E-state index contributed by atoms with van der Waals surface area (Å²) >= 11 is 0. The molecule has 0 aromatic carbocycles. The first-order valence-electron chi connectivity index (χ1n) is 1.78. The van der Waals surface area contributed by atoms with Crippen molar-refractivity contribution in [2.75, 3.05) is 0 Å². The Labute approximate surface area is 52.6 Å². The van der Waals surface area contributed by atoms with Gasteiger partial charge in [-0.3, -0.25) is 0 Å². The van der Waals surface area contributed by atoms with Crippen molar-refractivity contribution in [2.24, 2.45) is 0 Å². The predicted octanol–water partition coefficient (Wildman–Crippen LogP) is 1.14. The molecule has 0 aliphatic rings. The van der Waals surface area contributed by atoms with Gasteiger partial charge in [-0.2, -0.15) is 22.0 Å². The van der Waals surface area contributed by atoms with Crippen molar-refractivity contribution in [1.82, 2.24) is 0 Å². The maximum absolute atomic E-state index is 11.0. The van der Waals surface area contributed by atoms with E-state index >= 15 is 0 Å². The zero-order chi connectivity index (χ0) is 8.58. The summed E-state index contributed by atoms with van der Waals surface area (Å²) in [7, 11) is -6.25. The van der Waals surface area contributed by atoms with Crippen molar-refractivity contribution in [1.29, 1.82) is 0 Å². The van der Waals surface area contributed by atoms with Gasteiger partial charge < -0.3 is 0 Å². The van der Waals surface area contributed by atoms with Crippen LogP contribution in [0, 0.1) is 0 Å². The molecular formula is C2HF5O2S. The number of hydrogen-bond donors (Lipinski definition) is 0. The van der Waals surface area contributed by atoms with Crippen LogP contribution in [0.5, 0.6) is 0 Å². The van der Waals surface area contributed by atoms with E-state index in [0.717, 1.165) is 0 Å². The monoisotopic (exact) mass is 184 g/mol. The van der Waals surface area contributed by atoms with E-state index in [0.29, 0.717) is 0 Å². The van der Waals surface area contributed by atoms with Gasteiger partial charge in [0.25, 0.3) is 0 Å². The predicted molar refractivity (Wildman–Crippen MR) is 21.0 cm³/mol. The third-order valence-corrected chi connectivity index (χ3v) is 1.67. The van der Waals surface area contributed by atoms with Crippen molar-refractivity contribution in [3.63, 3.8) is 0 Å². The second kappa shape index (κ2) is 2.33. The Hall–Kier alpha value is -0.400. The van der Waals surface area contributed by atoms with E-state index in [9.17, 15) is 30.4 Å². The van der Waals surface area contributed by atoms with Crippen molar-refractivity contribution >= 4 is 9.84 Å². The molecule has 0 heterocycles. The lowest BCUT2D eigenvalue weighted by atomic mass is 11.5.